The summed E-state index contributed by atoms with van der Waals surface area (Å²) >= 11 is 3.48. The van der Waals surface area contributed by atoms with Crippen LogP contribution in [-0.2, 0) is 6.54 Å². The first-order chi connectivity index (χ1) is 9.19. The maximum Gasteiger partial charge on any atom is 0.0991 e. The molecule has 1 N–H and O–H groups in total. The average molecular weight is 315 g/mol. The van der Waals surface area contributed by atoms with Crippen molar-refractivity contribution in [2.45, 2.75) is 19.5 Å². The molecule has 96 valence electrons. The van der Waals surface area contributed by atoms with E-state index in [1.54, 1.807) is 0 Å². The minimum absolute atomic E-state index is 0.267. The molecule has 0 bridgehead atoms. The first-order valence-electron chi connectivity index (χ1n) is 6.17. The van der Waals surface area contributed by atoms with Gasteiger partial charge in [0, 0.05) is 17.1 Å². The second-order valence-electron chi connectivity index (χ2n) is 4.47. The third kappa shape index (κ3) is 3.92. The first kappa shape index (κ1) is 13.8. The van der Waals surface area contributed by atoms with Crippen LogP contribution in [0.5, 0.6) is 0 Å². The van der Waals surface area contributed by atoms with E-state index in [0.29, 0.717) is 5.56 Å². The largest absolute Gasteiger partial charge is 0.306 e. The van der Waals surface area contributed by atoms with Gasteiger partial charge in [0.2, 0.25) is 0 Å². The van der Waals surface area contributed by atoms with Gasteiger partial charge in [0.1, 0.15) is 0 Å². The topological polar surface area (TPSA) is 35.8 Å². The number of halogens is 1. The Morgan fingerprint density at radius 3 is 2.74 bits per heavy atom. The molecule has 0 fully saturated rings. The molecule has 0 aliphatic rings. The van der Waals surface area contributed by atoms with E-state index in [-0.39, 0.29) is 6.04 Å². The zero-order valence-corrected chi connectivity index (χ0v) is 12.3. The predicted octanol–water partition coefficient (Wildman–Crippen LogP) is 4.17. The van der Waals surface area contributed by atoms with Gasteiger partial charge in [0.15, 0.2) is 0 Å². The van der Waals surface area contributed by atoms with Gasteiger partial charge in [-0.3, -0.25) is 0 Å². The SMILES string of the molecule is CC(NCc1cccc(C#N)c1)c1cccc(Br)c1. The molecule has 0 aromatic heterocycles. The zero-order chi connectivity index (χ0) is 13.7. The minimum atomic E-state index is 0.267. The van der Waals surface area contributed by atoms with Crippen molar-refractivity contribution in [1.29, 1.82) is 5.26 Å². The molecule has 1 atom stereocenters. The van der Waals surface area contributed by atoms with E-state index in [2.05, 4.69) is 46.4 Å². The van der Waals surface area contributed by atoms with Crippen molar-refractivity contribution in [3.05, 3.63) is 69.7 Å². The van der Waals surface area contributed by atoms with Crippen molar-refractivity contribution in [3.8, 4) is 6.07 Å². The van der Waals surface area contributed by atoms with Crippen LogP contribution in [0.4, 0.5) is 0 Å². The van der Waals surface area contributed by atoms with Gasteiger partial charge in [0.05, 0.1) is 11.6 Å². The summed E-state index contributed by atoms with van der Waals surface area (Å²) in [6.07, 6.45) is 0. The van der Waals surface area contributed by atoms with Crippen LogP contribution in [0.1, 0.15) is 29.7 Å². The van der Waals surface area contributed by atoms with Crippen LogP contribution in [0.2, 0.25) is 0 Å². The molecule has 0 aliphatic carbocycles. The predicted molar refractivity (Wildman–Crippen MR) is 80.6 cm³/mol. The number of nitriles is 1. The van der Waals surface area contributed by atoms with Gasteiger partial charge in [-0.1, -0.05) is 40.2 Å². The number of nitrogens with zero attached hydrogens (tertiary/aromatic N) is 1. The smallest absolute Gasteiger partial charge is 0.0991 e. The van der Waals surface area contributed by atoms with E-state index >= 15 is 0 Å². The first-order valence-corrected chi connectivity index (χ1v) is 6.96. The Morgan fingerprint density at radius 2 is 2.00 bits per heavy atom. The quantitative estimate of drug-likeness (QED) is 0.919. The molecule has 3 heteroatoms. The fourth-order valence-electron chi connectivity index (χ4n) is 1.92. The Hall–Kier alpha value is -1.63. The summed E-state index contributed by atoms with van der Waals surface area (Å²) < 4.78 is 1.09. The Labute approximate surface area is 122 Å². The lowest BCUT2D eigenvalue weighted by Gasteiger charge is -2.14. The van der Waals surface area contributed by atoms with E-state index in [9.17, 15) is 0 Å². The number of hydrogen-bond acceptors (Lipinski definition) is 2. The molecule has 0 aliphatic heterocycles. The monoisotopic (exact) mass is 314 g/mol. The number of rotatable bonds is 4. The lowest BCUT2D eigenvalue weighted by atomic mass is 10.1. The molecular formula is C16H15BrN2. The lowest BCUT2D eigenvalue weighted by molar-refractivity contribution is 0.574. The maximum atomic E-state index is 8.87. The molecule has 2 aromatic carbocycles. The molecule has 19 heavy (non-hydrogen) atoms. The highest BCUT2D eigenvalue weighted by Crippen LogP contribution is 2.18. The van der Waals surface area contributed by atoms with Crippen molar-refractivity contribution >= 4 is 15.9 Å². The molecule has 0 heterocycles. The number of nitrogens with one attached hydrogen (secondary N) is 1. The highest BCUT2D eigenvalue weighted by atomic mass is 79.9. The Bertz CT molecular complexity index is 602. The second kappa shape index (κ2) is 6.51. The van der Waals surface area contributed by atoms with Gasteiger partial charge in [-0.15, -0.1) is 0 Å². The van der Waals surface area contributed by atoms with Gasteiger partial charge in [-0.05, 0) is 42.3 Å². The lowest BCUT2D eigenvalue weighted by Crippen LogP contribution is -2.18. The molecule has 2 aromatic rings. The summed E-state index contributed by atoms with van der Waals surface area (Å²) in [5, 5.41) is 12.3. The van der Waals surface area contributed by atoms with Gasteiger partial charge < -0.3 is 5.32 Å². The summed E-state index contributed by atoms with van der Waals surface area (Å²) in [6, 6.07) is 18.4. The molecular weight excluding hydrogens is 300 g/mol. The van der Waals surface area contributed by atoms with Gasteiger partial charge >= 0.3 is 0 Å². The van der Waals surface area contributed by atoms with Crippen LogP contribution in [0.15, 0.2) is 53.0 Å². The second-order valence-corrected chi connectivity index (χ2v) is 5.39. The molecule has 2 rings (SSSR count). The van der Waals surface area contributed by atoms with Gasteiger partial charge in [0.25, 0.3) is 0 Å². The fraction of sp³-hybridized carbons (Fsp3) is 0.188. The van der Waals surface area contributed by atoms with Crippen LogP contribution in [0, 0.1) is 11.3 Å². The third-order valence-corrected chi connectivity index (χ3v) is 3.51. The Kier molecular flexibility index (Phi) is 4.73. The average Bonchev–Trinajstić information content (AvgIpc) is 2.45. The van der Waals surface area contributed by atoms with Crippen LogP contribution < -0.4 is 5.32 Å². The van der Waals surface area contributed by atoms with E-state index < -0.39 is 0 Å². The third-order valence-electron chi connectivity index (χ3n) is 3.02. The fourth-order valence-corrected chi connectivity index (χ4v) is 2.33. The molecule has 2 nitrogen and oxygen atoms in total. The normalized spacial score (nSPS) is 11.8. The van der Waals surface area contributed by atoms with Crippen molar-refractivity contribution in [1.82, 2.24) is 5.32 Å². The van der Waals surface area contributed by atoms with Crippen molar-refractivity contribution in [2.75, 3.05) is 0 Å². The van der Waals surface area contributed by atoms with E-state index in [4.69, 9.17) is 5.26 Å². The molecule has 1 unspecified atom stereocenters. The Balaban J connectivity index is 2.00. The van der Waals surface area contributed by atoms with Crippen LogP contribution in [0.25, 0.3) is 0 Å². The van der Waals surface area contributed by atoms with Crippen LogP contribution in [0.3, 0.4) is 0 Å². The van der Waals surface area contributed by atoms with Crippen LogP contribution >= 0.6 is 15.9 Å². The number of benzene rings is 2. The standard InChI is InChI=1S/C16H15BrN2/c1-12(15-6-3-7-16(17)9-15)19-11-14-5-2-4-13(8-14)10-18/h2-9,12,19H,11H2,1H3. The molecule has 0 radical (unpaired) electrons. The molecule has 0 saturated carbocycles. The van der Waals surface area contributed by atoms with E-state index in [0.717, 1.165) is 16.6 Å². The number of hydrogen-bond donors (Lipinski definition) is 1. The summed E-state index contributed by atoms with van der Waals surface area (Å²) in [4.78, 5) is 0. The van der Waals surface area contributed by atoms with Crippen molar-refractivity contribution in [2.24, 2.45) is 0 Å². The molecule has 0 saturated heterocycles. The maximum absolute atomic E-state index is 8.87. The highest BCUT2D eigenvalue weighted by molar-refractivity contribution is 9.10. The molecule has 0 amide bonds. The van der Waals surface area contributed by atoms with Crippen molar-refractivity contribution in [3.63, 3.8) is 0 Å². The van der Waals surface area contributed by atoms with E-state index in [1.165, 1.54) is 5.56 Å². The van der Waals surface area contributed by atoms with E-state index in [1.807, 2.05) is 36.4 Å². The van der Waals surface area contributed by atoms with Gasteiger partial charge in [-0.25, -0.2) is 0 Å². The summed E-state index contributed by atoms with van der Waals surface area (Å²) in [7, 11) is 0. The summed E-state index contributed by atoms with van der Waals surface area (Å²) in [5.74, 6) is 0. The molecule has 0 spiro atoms. The summed E-state index contributed by atoms with van der Waals surface area (Å²) in [5.41, 5.74) is 3.07. The Morgan fingerprint density at radius 1 is 1.21 bits per heavy atom. The van der Waals surface area contributed by atoms with Crippen LogP contribution in [-0.4, -0.2) is 0 Å². The minimum Gasteiger partial charge on any atom is -0.306 e. The van der Waals surface area contributed by atoms with Crippen molar-refractivity contribution < 1.29 is 0 Å². The summed E-state index contributed by atoms with van der Waals surface area (Å²) in [6.45, 7) is 2.89. The highest BCUT2D eigenvalue weighted by Gasteiger charge is 2.05. The van der Waals surface area contributed by atoms with Gasteiger partial charge in [-0.2, -0.15) is 5.26 Å². The zero-order valence-electron chi connectivity index (χ0n) is 10.7.